The largest absolute Gasteiger partial charge is 0.383 e. The van der Waals surface area contributed by atoms with Crippen molar-refractivity contribution in [2.45, 2.75) is 31.8 Å². The Kier molecular flexibility index (Phi) is 2.02. The lowest BCUT2D eigenvalue weighted by Crippen LogP contribution is -2.62. The Bertz CT molecular complexity index is 122. The summed E-state index contributed by atoms with van der Waals surface area (Å²) in [6, 6.07) is 0.653. The van der Waals surface area contributed by atoms with Gasteiger partial charge in [-0.15, -0.1) is 0 Å². The zero-order valence-corrected chi connectivity index (χ0v) is 7.35. The lowest BCUT2D eigenvalue weighted by molar-refractivity contribution is -0.0589. The molecule has 0 aromatic carbocycles. The van der Waals surface area contributed by atoms with E-state index in [9.17, 15) is 0 Å². The molecule has 0 spiro atoms. The predicted octanol–water partition coefficient (Wildman–Crippen LogP) is 1.12. The second-order valence-electron chi connectivity index (χ2n) is 3.74. The summed E-state index contributed by atoms with van der Waals surface area (Å²) in [7, 11) is 3.92. The molecule has 1 saturated heterocycles. The predicted molar refractivity (Wildman–Crippen MR) is 42.1 cm³/mol. The van der Waals surface area contributed by atoms with E-state index in [1.807, 2.05) is 0 Å². The molecular formula is C8H17NO. The lowest BCUT2D eigenvalue weighted by Gasteiger charge is -2.53. The van der Waals surface area contributed by atoms with Crippen LogP contribution in [0.2, 0.25) is 0 Å². The fraction of sp³-hybridized carbons (Fsp3) is 1.00. The summed E-state index contributed by atoms with van der Waals surface area (Å²) in [4.78, 5) is 2.37. The normalized spacial score (nSPS) is 31.8. The van der Waals surface area contributed by atoms with Crippen molar-refractivity contribution in [3.8, 4) is 0 Å². The van der Waals surface area contributed by atoms with Crippen molar-refractivity contribution < 1.29 is 4.74 Å². The standard InChI is InChI=1S/C8H17NO/c1-8(2)5-7(6-10-4)9(8)3/h7H,5-6H2,1-4H3/t7-/m1/s1. The quantitative estimate of drug-likeness (QED) is 0.574. The van der Waals surface area contributed by atoms with Gasteiger partial charge in [-0.05, 0) is 27.3 Å². The smallest absolute Gasteiger partial charge is 0.0618 e. The van der Waals surface area contributed by atoms with E-state index in [0.29, 0.717) is 11.6 Å². The van der Waals surface area contributed by atoms with Gasteiger partial charge in [0.15, 0.2) is 0 Å². The van der Waals surface area contributed by atoms with Crippen molar-refractivity contribution in [1.82, 2.24) is 4.90 Å². The Morgan fingerprint density at radius 3 is 2.50 bits per heavy atom. The molecule has 1 heterocycles. The minimum Gasteiger partial charge on any atom is -0.383 e. The summed E-state index contributed by atoms with van der Waals surface area (Å²) in [5.74, 6) is 0. The summed E-state index contributed by atoms with van der Waals surface area (Å²) in [6.07, 6.45) is 1.26. The first-order valence-corrected chi connectivity index (χ1v) is 3.80. The fourth-order valence-electron chi connectivity index (χ4n) is 1.60. The summed E-state index contributed by atoms with van der Waals surface area (Å²) < 4.78 is 5.07. The number of likely N-dealkylation sites (N-methyl/N-ethyl adjacent to an activating group) is 1. The van der Waals surface area contributed by atoms with E-state index in [4.69, 9.17) is 4.74 Å². The molecule has 1 aliphatic heterocycles. The van der Waals surface area contributed by atoms with Gasteiger partial charge >= 0.3 is 0 Å². The van der Waals surface area contributed by atoms with E-state index in [1.165, 1.54) is 6.42 Å². The molecule has 2 heteroatoms. The van der Waals surface area contributed by atoms with E-state index in [0.717, 1.165) is 6.61 Å². The van der Waals surface area contributed by atoms with Crippen LogP contribution in [-0.4, -0.2) is 37.2 Å². The summed E-state index contributed by atoms with van der Waals surface area (Å²) >= 11 is 0. The van der Waals surface area contributed by atoms with E-state index in [-0.39, 0.29) is 0 Å². The highest BCUT2D eigenvalue weighted by Crippen LogP contribution is 2.33. The van der Waals surface area contributed by atoms with Gasteiger partial charge in [0.1, 0.15) is 0 Å². The Labute approximate surface area is 63.2 Å². The molecule has 1 atom stereocenters. The third kappa shape index (κ3) is 1.18. The van der Waals surface area contributed by atoms with E-state index in [2.05, 4.69) is 25.8 Å². The molecule has 0 aromatic heterocycles. The van der Waals surface area contributed by atoms with Gasteiger partial charge in [0, 0.05) is 18.7 Å². The van der Waals surface area contributed by atoms with Crippen LogP contribution in [0.15, 0.2) is 0 Å². The highest BCUT2D eigenvalue weighted by Gasteiger charge is 2.41. The first-order valence-electron chi connectivity index (χ1n) is 3.80. The van der Waals surface area contributed by atoms with E-state index >= 15 is 0 Å². The number of ether oxygens (including phenoxy) is 1. The van der Waals surface area contributed by atoms with Crippen molar-refractivity contribution in [2.75, 3.05) is 20.8 Å². The van der Waals surface area contributed by atoms with Gasteiger partial charge in [-0.3, -0.25) is 4.90 Å². The zero-order chi connectivity index (χ0) is 7.78. The minimum absolute atomic E-state index is 0.406. The molecule has 1 fully saturated rings. The Morgan fingerprint density at radius 2 is 2.20 bits per heavy atom. The van der Waals surface area contributed by atoms with Gasteiger partial charge < -0.3 is 4.74 Å². The van der Waals surface area contributed by atoms with Crippen LogP contribution in [0.1, 0.15) is 20.3 Å². The summed E-state index contributed by atoms with van der Waals surface area (Å²) in [5, 5.41) is 0. The molecule has 0 saturated carbocycles. The highest BCUT2D eigenvalue weighted by atomic mass is 16.5. The molecule has 0 bridgehead atoms. The van der Waals surface area contributed by atoms with Crippen molar-refractivity contribution in [3.05, 3.63) is 0 Å². The maximum absolute atomic E-state index is 5.07. The average Bonchev–Trinajstić information content (AvgIpc) is 1.87. The average molecular weight is 143 g/mol. The number of rotatable bonds is 2. The maximum atomic E-state index is 5.07. The molecule has 2 nitrogen and oxygen atoms in total. The van der Waals surface area contributed by atoms with Gasteiger partial charge in [-0.2, -0.15) is 0 Å². The van der Waals surface area contributed by atoms with Crippen LogP contribution in [0, 0.1) is 0 Å². The monoisotopic (exact) mass is 143 g/mol. The molecule has 0 radical (unpaired) electrons. The molecule has 0 N–H and O–H groups in total. The second-order valence-corrected chi connectivity index (χ2v) is 3.74. The molecule has 1 aliphatic rings. The van der Waals surface area contributed by atoms with Crippen LogP contribution in [0.4, 0.5) is 0 Å². The fourth-order valence-corrected chi connectivity index (χ4v) is 1.60. The van der Waals surface area contributed by atoms with E-state index in [1.54, 1.807) is 7.11 Å². The zero-order valence-electron chi connectivity index (χ0n) is 7.35. The molecular weight excluding hydrogens is 126 g/mol. The van der Waals surface area contributed by atoms with Crippen molar-refractivity contribution >= 4 is 0 Å². The first kappa shape index (κ1) is 8.02. The number of nitrogens with zero attached hydrogens (tertiary/aromatic N) is 1. The van der Waals surface area contributed by atoms with E-state index < -0.39 is 0 Å². The number of methoxy groups -OCH3 is 1. The van der Waals surface area contributed by atoms with Crippen LogP contribution in [-0.2, 0) is 4.74 Å². The lowest BCUT2D eigenvalue weighted by atomic mass is 9.83. The third-order valence-corrected chi connectivity index (χ3v) is 2.60. The highest BCUT2D eigenvalue weighted by molar-refractivity contribution is 4.97. The number of hydrogen-bond donors (Lipinski definition) is 0. The van der Waals surface area contributed by atoms with Crippen LogP contribution in [0.5, 0.6) is 0 Å². The van der Waals surface area contributed by atoms with Crippen LogP contribution in [0.25, 0.3) is 0 Å². The molecule has 0 aromatic rings. The SMILES string of the molecule is COC[C@H]1CC(C)(C)N1C. The second kappa shape index (κ2) is 2.51. The first-order chi connectivity index (χ1) is 4.58. The Balaban J connectivity index is 2.32. The van der Waals surface area contributed by atoms with Gasteiger partial charge in [0.2, 0.25) is 0 Å². The minimum atomic E-state index is 0.406. The topological polar surface area (TPSA) is 12.5 Å². The number of likely N-dealkylation sites (tertiary alicyclic amines) is 1. The molecule has 10 heavy (non-hydrogen) atoms. The third-order valence-electron chi connectivity index (χ3n) is 2.60. The Morgan fingerprint density at radius 1 is 1.60 bits per heavy atom. The van der Waals surface area contributed by atoms with Gasteiger partial charge in [0.25, 0.3) is 0 Å². The summed E-state index contributed by atoms with van der Waals surface area (Å²) in [5.41, 5.74) is 0.406. The van der Waals surface area contributed by atoms with Crippen LogP contribution in [0.3, 0.4) is 0 Å². The van der Waals surface area contributed by atoms with Gasteiger partial charge in [0.05, 0.1) is 6.61 Å². The van der Waals surface area contributed by atoms with Gasteiger partial charge in [-0.25, -0.2) is 0 Å². The summed E-state index contributed by atoms with van der Waals surface area (Å²) in [6.45, 7) is 5.40. The van der Waals surface area contributed by atoms with Gasteiger partial charge in [-0.1, -0.05) is 0 Å². The van der Waals surface area contributed by atoms with Crippen LogP contribution < -0.4 is 0 Å². The molecule has 1 rings (SSSR count). The van der Waals surface area contributed by atoms with Crippen molar-refractivity contribution in [1.29, 1.82) is 0 Å². The molecule has 0 amide bonds. The van der Waals surface area contributed by atoms with Crippen molar-refractivity contribution in [3.63, 3.8) is 0 Å². The molecule has 60 valence electrons. The molecule has 0 unspecified atom stereocenters. The van der Waals surface area contributed by atoms with Crippen molar-refractivity contribution in [2.24, 2.45) is 0 Å². The molecule has 0 aliphatic carbocycles. The number of hydrogen-bond acceptors (Lipinski definition) is 2. The Hall–Kier alpha value is -0.0800. The van der Waals surface area contributed by atoms with Crippen LogP contribution >= 0.6 is 0 Å². The maximum Gasteiger partial charge on any atom is 0.0618 e.